The number of fused-ring (bicyclic) bond motifs is 1. The van der Waals surface area contributed by atoms with Gasteiger partial charge in [-0.3, -0.25) is 0 Å². The SMILES string of the molecule is CCCCNc1ccc(N(c2ccc(C)cc2)c2ccc(N(c3ccc(NCCCC)cc3)c3ccc(C(C)(C)C)cc3)c3ccccc23)cc1. The molecule has 6 rings (SSSR count). The van der Waals surface area contributed by atoms with Crippen LogP contribution < -0.4 is 20.4 Å². The van der Waals surface area contributed by atoms with Crippen molar-refractivity contribution in [3.05, 3.63) is 145 Å². The van der Waals surface area contributed by atoms with E-state index in [1.807, 2.05) is 0 Å². The van der Waals surface area contributed by atoms with Crippen LogP contribution in [0.3, 0.4) is 0 Å². The number of hydrogen-bond acceptors (Lipinski definition) is 4. The lowest BCUT2D eigenvalue weighted by molar-refractivity contribution is 0.590. The predicted molar refractivity (Wildman–Crippen MR) is 224 cm³/mol. The van der Waals surface area contributed by atoms with Crippen molar-refractivity contribution in [1.29, 1.82) is 0 Å². The molecule has 51 heavy (non-hydrogen) atoms. The Bertz CT molecular complexity index is 1990. The van der Waals surface area contributed by atoms with Crippen molar-refractivity contribution < 1.29 is 0 Å². The summed E-state index contributed by atoms with van der Waals surface area (Å²) in [7, 11) is 0. The van der Waals surface area contributed by atoms with Gasteiger partial charge in [-0.2, -0.15) is 0 Å². The molecule has 0 spiro atoms. The molecule has 4 heteroatoms. The molecular weight excluding hydrogens is 621 g/mol. The number of rotatable bonds is 14. The number of benzene rings is 6. The van der Waals surface area contributed by atoms with E-state index >= 15 is 0 Å². The summed E-state index contributed by atoms with van der Waals surface area (Å²) < 4.78 is 0. The zero-order chi connectivity index (χ0) is 35.8. The number of anilines is 8. The Labute approximate surface area is 306 Å². The fraction of sp³-hybridized carbons (Fsp3) is 0.277. The van der Waals surface area contributed by atoms with Crippen molar-refractivity contribution in [2.24, 2.45) is 0 Å². The smallest absolute Gasteiger partial charge is 0.0541 e. The number of hydrogen-bond donors (Lipinski definition) is 2. The third kappa shape index (κ3) is 8.40. The third-order valence-corrected chi connectivity index (χ3v) is 9.61. The second-order valence-electron chi connectivity index (χ2n) is 14.6. The monoisotopic (exact) mass is 674 g/mol. The molecule has 6 aromatic carbocycles. The lowest BCUT2D eigenvalue weighted by Crippen LogP contribution is -2.14. The first-order chi connectivity index (χ1) is 24.8. The van der Waals surface area contributed by atoms with Crippen LogP contribution in [0.1, 0.15) is 71.4 Å². The van der Waals surface area contributed by atoms with E-state index in [2.05, 4.69) is 195 Å². The summed E-state index contributed by atoms with van der Waals surface area (Å²) in [5.41, 5.74) is 11.7. The van der Waals surface area contributed by atoms with Gasteiger partial charge in [0.25, 0.3) is 0 Å². The molecule has 0 aromatic heterocycles. The molecule has 0 bridgehead atoms. The quantitative estimate of drug-likeness (QED) is 0.113. The normalized spacial score (nSPS) is 11.4. The van der Waals surface area contributed by atoms with Gasteiger partial charge < -0.3 is 20.4 Å². The minimum atomic E-state index is 0.0761. The topological polar surface area (TPSA) is 30.5 Å². The lowest BCUT2D eigenvalue weighted by Gasteiger charge is -2.31. The highest BCUT2D eigenvalue weighted by Gasteiger charge is 2.22. The van der Waals surface area contributed by atoms with Crippen molar-refractivity contribution in [2.75, 3.05) is 33.5 Å². The average Bonchev–Trinajstić information content (AvgIpc) is 3.14. The van der Waals surface area contributed by atoms with Crippen molar-refractivity contribution in [3.63, 3.8) is 0 Å². The van der Waals surface area contributed by atoms with E-state index in [1.54, 1.807) is 0 Å². The van der Waals surface area contributed by atoms with Crippen molar-refractivity contribution in [2.45, 2.75) is 72.6 Å². The maximum atomic E-state index is 3.59. The Kier molecular flexibility index (Phi) is 11.3. The van der Waals surface area contributed by atoms with E-state index < -0.39 is 0 Å². The van der Waals surface area contributed by atoms with Gasteiger partial charge in [-0.15, -0.1) is 0 Å². The van der Waals surface area contributed by atoms with Crippen LogP contribution in [0, 0.1) is 6.92 Å². The molecule has 6 aromatic rings. The van der Waals surface area contributed by atoms with Crippen molar-refractivity contribution in [3.8, 4) is 0 Å². The van der Waals surface area contributed by atoms with Crippen molar-refractivity contribution >= 4 is 56.3 Å². The number of nitrogens with one attached hydrogen (secondary N) is 2. The molecule has 0 radical (unpaired) electrons. The van der Waals surface area contributed by atoms with E-state index in [9.17, 15) is 0 Å². The standard InChI is InChI=1S/C47H54N4/c1-7-9-33-48-37-19-27-41(28-20-37)50(39-23-15-35(3)16-24-39)45-31-32-46(44-14-12-11-13-43(44)45)51(40-25-17-36(18-26-40)47(4,5)6)42-29-21-38(22-30-42)49-34-10-8-2/h11-32,48-49H,7-10,33-34H2,1-6H3. The van der Waals surface area contributed by atoms with Crippen LogP contribution in [0.15, 0.2) is 133 Å². The maximum Gasteiger partial charge on any atom is 0.0541 e. The summed E-state index contributed by atoms with van der Waals surface area (Å²) in [5.74, 6) is 0. The first kappa shape index (κ1) is 35.6. The minimum Gasteiger partial charge on any atom is -0.385 e. The van der Waals surface area contributed by atoms with Crippen LogP contribution >= 0.6 is 0 Å². The molecule has 0 amide bonds. The molecule has 0 aliphatic carbocycles. The van der Waals surface area contributed by atoms with Gasteiger partial charge in [-0.1, -0.05) is 102 Å². The second-order valence-corrected chi connectivity index (χ2v) is 14.6. The first-order valence-corrected chi connectivity index (χ1v) is 18.7. The van der Waals surface area contributed by atoms with Crippen LogP contribution in [0.25, 0.3) is 10.8 Å². The van der Waals surface area contributed by atoms with E-state index in [-0.39, 0.29) is 5.41 Å². The summed E-state index contributed by atoms with van der Waals surface area (Å²) in [6, 6.07) is 49.1. The molecule has 0 heterocycles. The van der Waals surface area contributed by atoms with Gasteiger partial charge in [0.15, 0.2) is 0 Å². The average molecular weight is 675 g/mol. The summed E-state index contributed by atoms with van der Waals surface area (Å²) in [4.78, 5) is 4.79. The molecular formula is C47H54N4. The summed E-state index contributed by atoms with van der Waals surface area (Å²) >= 11 is 0. The fourth-order valence-electron chi connectivity index (χ4n) is 6.59. The Hall–Kier alpha value is -5.22. The van der Waals surface area contributed by atoms with E-state index in [0.717, 1.165) is 71.4 Å². The molecule has 2 N–H and O–H groups in total. The maximum absolute atomic E-state index is 3.59. The molecule has 0 aliphatic heterocycles. The summed E-state index contributed by atoms with van der Waals surface area (Å²) in [6.45, 7) is 15.4. The van der Waals surface area contributed by atoms with E-state index in [1.165, 1.54) is 34.7 Å². The number of unbranched alkanes of at least 4 members (excludes halogenated alkanes) is 2. The van der Waals surface area contributed by atoms with Crippen LogP contribution in [0.5, 0.6) is 0 Å². The van der Waals surface area contributed by atoms with Gasteiger partial charge in [0, 0.05) is 58.0 Å². The Morgan fingerprint density at radius 2 is 0.843 bits per heavy atom. The van der Waals surface area contributed by atoms with E-state index in [4.69, 9.17) is 0 Å². The van der Waals surface area contributed by atoms with Gasteiger partial charge in [0.2, 0.25) is 0 Å². The molecule has 0 saturated heterocycles. The highest BCUT2D eigenvalue weighted by molar-refractivity contribution is 6.07. The number of nitrogens with zero attached hydrogens (tertiary/aromatic N) is 2. The third-order valence-electron chi connectivity index (χ3n) is 9.61. The highest BCUT2D eigenvalue weighted by Crippen LogP contribution is 2.45. The molecule has 262 valence electrons. The summed E-state index contributed by atoms with van der Waals surface area (Å²) in [5, 5.41) is 9.55. The highest BCUT2D eigenvalue weighted by atomic mass is 15.2. The van der Waals surface area contributed by atoms with Crippen LogP contribution in [0.4, 0.5) is 45.5 Å². The summed E-state index contributed by atoms with van der Waals surface area (Å²) in [6.07, 6.45) is 4.67. The Balaban J connectivity index is 1.48. The lowest BCUT2D eigenvalue weighted by atomic mass is 9.87. The molecule has 0 unspecified atom stereocenters. The molecule has 0 fully saturated rings. The zero-order valence-electron chi connectivity index (χ0n) is 31.3. The van der Waals surface area contributed by atoms with E-state index in [0.29, 0.717) is 0 Å². The Morgan fingerprint density at radius 1 is 0.471 bits per heavy atom. The van der Waals surface area contributed by atoms with Gasteiger partial charge in [-0.05, 0) is 116 Å². The second kappa shape index (κ2) is 16.2. The minimum absolute atomic E-state index is 0.0761. The van der Waals surface area contributed by atoms with Crippen LogP contribution in [0.2, 0.25) is 0 Å². The van der Waals surface area contributed by atoms with Gasteiger partial charge in [-0.25, -0.2) is 0 Å². The zero-order valence-corrected chi connectivity index (χ0v) is 31.3. The largest absolute Gasteiger partial charge is 0.385 e. The van der Waals surface area contributed by atoms with Crippen LogP contribution in [-0.4, -0.2) is 13.1 Å². The molecule has 0 saturated carbocycles. The Morgan fingerprint density at radius 3 is 1.22 bits per heavy atom. The molecule has 0 atom stereocenters. The number of aryl methyl sites for hydroxylation is 1. The first-order valence-electron chi connectivity index (χ1n) is 18.7. The van der Waals surface area contributed by atoms with Crippen LogP contribution in [-0.2, 0) is 5.41 Å². The van der Waals surface area contributed by atoms with Crippen molar-refractivity contribution in [1.82, 2.24) is 0 Å². The fourth-order valence-corrected chi connectivity index (χ4v) is 6.59. The molecule has 4 nitrogen and oxygen atoms in total. The molecule has 0 aliphatic rings. The predicted octanol–water partition coefficient (Wildman–Crippen LogP) is 13.8. The van der Waals surface area contributed by atoms with Gasteiger partial charge in [0.1, 0.15) is 0 Å². The van der Waals surface area contributed by atoms with Gasteiger partial charge >= 0.3 is 0 Å². The van der Waals surface area contributed by atoms with Gasteiger partial charge in [0.05, 0.1) is 11.4 Å².